The van der Waals surface area contributed by atoms with Gasteiger partial charge in [0.1, 0.15) is 6.54 Å². The Morgan fingerprint density at radius 1 is 1.21 bits per heavy atom. The molecule has 0 spiro atoms. The summed E-state index contributed by atoms with van der Waals surface area (Å²) in [6.07, 6.45) is 4.94. The molecule has 10 heteroatoms. The van der Waals surface area contributed by atoms with Crippen LogP contribution in [0.1, 0.15) is 6.42 Å². The molecule has 0 unspecified atom stereocenters. The van der Waals surface area contributed by atoms with Gasteiger partial charge in [0.05, 0.1) is 20.3 Å². The summed E-state index contributed by atoms with van der Waals surface area (Å²) in [7, 11) is -5.92. The van der Waals surface area contributed by atoms with Crippen molar-refractivity contribution < 1.29 is 45.6 Å². The quantitative estimate of drug-likeness (QED) is 0.337. The van der Waals surface area contributed by atoms with Crippen LogP contribution in [0.4, 0.5) is 0 Å². The molecule has 0 aromatic rings. The lowest BCUT2D eigenvalue weighted by atomic mass is 10.1. The molecule has 0 aliphatic carbocycles. The first-order valence-electron chi connectivity index (χ1n) is 5.22. The largest absolute Gasteiger partial charge is 1.00 e. The normalized spacial score (nSPS) is 19.0. The smallest absolute Gasteiger partial charge is 0.341 e. The predicted molar refractivity (Wildman–Crippen MR) is 66.7 cm³/mol. The first-order chi connectivity index (χ1) is 7.92. The number of rotatable bonds is 4. The highest BCUT2D eigenvalue weighted by atomic mass is 35.5. The third-order valence-corrected chi connectivity index (χ3v) is 6.38. The monoisotopic (exact) mass is 333 g/mol. The highest BCUT2D eigenvalue weighted by molar-refractivity contribution is 7.70. The number of halogens is 1. The van der Waals surface area contributed by atoms with E-state index in [1.807, 2.05) is 20.3 Å². The standard InChI is InChI=1S/C9H17NO6P2.ClH/c1-10(2)5-3-4-8(7-10)6-9(17(11,12)13)18(14,15)16;/h3-5,9H,6-7H2,1-2H3,(H3-,11,12,13,14,15,16);1H. The van der Waals surface area contributed by atoms with Crippen LogP contribution in [0.25, 0.3) is 0 Å². The molecule has 0 atom stereocenters. The van der Waals surface area contributed by atoms with Crippen molar-refractivity contribution >= 4 is 15.2 Å². The van der Waals surface area contributed by atoms with Crippen molar-refractivity contribution in [2.75, 3.05) is 20.6 Å². The molecule has 0 radical (unpaired) electrons. The van der Waals surface area contributed by atoms with E-state index >= 15 is 0 Å². The summed E-state index contributed by atoms with van der Waals surface area (Å²) >= 11 is 0. The van der Waals surface area contributed by atoms with Crippen LogP contribution in [0.15, 0.2) is 23.9 Å². The molecular formula is C9H18ClNO6P2. The Morgan fingerprint density at radius 2 is 1.68 bits per heavy atom. The molecule has 0 bridgehead atoms. The summed E-state index contributed by atoms with van der Waals surface area (Å²) in [5.74, 6) is 0. The van der Waals surface area contributed by atoms with Crippen molar-refractivity contribution in [2.45, 2.75) is 11.8 Å². The fourth-order valence-electron chi connectivity index (χ4n) is 1.84. The van der Waals surface area contributed by atoms with Gasteiger partial charge in [-0.05, 0) is 18.1 Å². The molecule has 1 aliphatic rings. The van der Waals surface area contributed by atoms with Crippen LogP contribution in [0.3, 0.4) is 0 Å². The second-order valence-corrected chi connectivity index (χ2v) is 8.98. The highest BCUT2D eigenvalue weighted by Crippen LogP contribution is 2.62. The fraction of sp³-hybridized carbons (Fsp3) is 0.556. The molecular weight excluding hydrogens is 316 g/mol. The zero-order chi connectivity index (χ0) is 14.2. The zero-order valence-corrected chi connectivity index (χ0v) is 13.1. The maximum Gasteiger partial charge on any atom is 0.341 e. The Hall–Kier alpha value is 0.0300. The number of quaternary nitrogens is 1. The molecule has 19 heavy (non-hydrogen) atoms. The molecule has 1 heterocycles. The maximum absolute atomic E-state index is 11.2. The molecule has 7 nitrogen and oxygen atoms in total. The Morgan fingerprint density at radius 3 is 2.05 bits per heavy atom. The molecule has 1 rings (SSSR count). The number of likely N-dealkylation sites (N-methyl/N-ethyl adjacent to an activating group) is 1. The third kappa shape index (κ3) is 5.90. The van der Waals surface area contributed by atoms with Crippen molar-refractivity contribution in [1.82, 2.24) is 0 Å². The number of nitrogens with zero attached hydrogens (tertiary/aromatic N) is 1. The van der Waals surface area contributed by atoms with Gasteiger partial charge in [0, 0.05) is 0 Å². The molecule has 0 amide bonds. The Labute approximate surface area is 117 Å². The van der Waals surface area contributed by atoms with E-state index in [0.29, 0.717) is 16.6 Å². The summed E-state index contributed by atoms with van der Waals surface area (Å²) in [6.45, 7) is 0.465. The first-order valence-corrected chi connectivity index (χ1v) is 8.58. The Bertz CT molecular complexity index is 455. The lowest BCUT2D eigenvalue weighted by Crippen LogP contribution is -3.00. The summed E-state index contributed by atoms with van der Waals surface area (Å²) in [4.78, 5) is 36.2. The van der Waals surface area contributed by atoms with E-state index in [0.717, 1.165) is 0 Å². The van der Waals surface area contributed by atoms with E-state index in [9.17, 15) is 9.13 Å². The van der Waals surface area contributed by atoms with Crippen LogP contribution in [0.5, 0.6) is 0 Å². The van der Waals surface area contributed by atoms with Crippen LogP contribution in [-0.4, -0.2) is 50.1 Å². The molecule has 0 aromatic heterocycles. The Kier molecular flexibility index (Phi) is 6.21. The second-order valence-electron chi connectivity index (χ2n) is 4.97. The van der Waals surface area contributed by atoms with Gasteiger partial charge >= 0.3 is 15.2 Å². The molecule has 0 saturated heterocycles. The number of allylic oxidation sites excluding steroid dienone is 2. The number of hydrogen-bond acceptors (Lipinski definition) is 2. The molecule has 0 fully saturated rings. The molecule has 112 valence electrons. The minimum absolute atomic E-state index is 0. The van der Waals surface area contributed by atoms with Gasteiger partial charge in [0.2, 0.25) is 0 Å². The lowest BCUT2D eigenvalue weighted by Gasteiger charge is -2.30. The minimum atomic E-state index is -4.84. The average Bonchev–Trinajstić information content (AvgIpc) is 2.09. The van der Waals surface area contributed by atoms with E-state index in [-0.39, 0.29) is 18.8 Å². The minimum Gasteiger partial charge on any atom is -1.00 e. The topological polar surface area (TPSA) is 115 Å². The predicted octanol–water partition coefficient (Wildman–Crippen LogP) is -2.41. The molecule has 0 aromatic carbocycles. The molecule has 0 saturated carbocycles. The highest BCUT2D eigenvalue weighted by Gasteiger charge is 2.44. The molecule has 1 aliphatic heterocycles. The van der Waals surface area contributed by atoms with Crippen molar-refractivity contribution in [1.29, 1.82) is 0 Å². The fourth-order valence-corrected chi connectivity index (χ4v) is 4.35. The van der Waals surface area contributed by atoms with Gasteiger partial charge in [-0.3, -0.25) is 13.6 Å². The van der Waals surface area contributed by atoms with Crippen molar-refractivity contribution in [3.8, 4) is 0 Å². The zero-order valence-electron chi connectivity index (χ0n) is 10.5. The van der Waals surface area contributed by atoms with E-state index < -0.39 is 20.6 Å². The van der Waals surface area contributed by atoms with Crippen molar-refractivity contribution in [3.05, 3.63) is 23.9 Å². The van der Waals surface area contributed by atoms with E-state index in [2.05, 4.69) is 0 Å². The van der Waals surface area contributed by atoms with E-state index in [1.165, 1.54) is 0 Å². The average molecular weight is 334 g/mol. The van der Waals surface area contributed by atoms with Gasteiger partial charge in [-0.25, -0.2) is 0 Å². The van der Waals surface area contributed by atoms with Crippen LogP contribution in [0.2, 0.25) is 0 Å². The summed E-state index contributed by atoms with van der Waals surface area (Å²) in [6, 6.07) is 0. The Balaban J connectivity index is 0.00000324. The van der Waals surface area contributed by atoms with Crippen LogP contribution in [0, 0.1) is 0 Å². The van der Waals surface area contributed by atoms with E-state index in [4.69, 9.17) is 19.6 Å². The number of hydrogen-bond donors (Lipinski definition) is 4. The molecule has 4 N–H and O–H groups in total. The van der Waals surface area contributed by atoms with E-state index in [1.54, 1.807) is 12.2 Å². The van der Waals surface area contributed by atoms with Gasteiger partial charge < -0.3 is 32.0 Å². The van der Waals surface area contributed by atoms with Crippen molar-refractivity contribution in [2.24, 2.45) is 0 Å². The van der Waals surface area contributed by atoms with Crippen LogP contribution >= 0.6 is 15.2 Å². The SMILES string of the molecule is C[N+]1(C)C=CC=C(CC(P(=O)(O)O)P(=O)(O)O)C1.[Cl-]. The van der Waals surface area contributed by atoms with Gasteiger partial charge in [-0.1, -0.05) is 6.08 Å². The van der Waals surface area contributed by atoms with Crippen LogP contribution in [-0.2, 0) is 9.13 Å². The van der Waals surface area contributed by atoms with Crippen LogP contribution < -0.4 is 12.4 Å². The third-order valence-electron chi connectivity index (χ3n) is 2.65. The maximum atomic E-state index is 11.2. The van der Waals surface area contributed by atoms with Gasteiger partial charge in [0.15, 0.2) is 5.40 Å². The van der Waals surface area contributed by atoms with Gasteiger partial charge in [-0.15, -0.1) is 0 Å². The summed E-state index contributed by atoms with van der Waals surface area (Å²) in [5, 5.41) is -1.96. The lowest BCUT2D eigenvalue weighted by molar-refractivity contribution is -0.834. The van der Waals surface area contributed by atoms with Gasteiger partial charge in [-0.2, -0.15) is 0 Å². The second kappa shape index (κ2) is 6.20. The first kappa shape index (κ1) is 19.0. The van der Waals surface area contributed by atoms with Crippen molar-refractivity contribution in [3.63, 3.8) is 0 Å². The summed E-state index contributed by atoms with van der Waals surface area (Å²) < 4.78 is 22.8. The summed E-state index contributed by atoms with van der Waals surface area (Å²) in [5.41, 5.74) is 0.610. The van der Waals surface area contributed by atoms with Gasteiger partial charge in [0.25, 0.3) is 0 Å².